The predicted octanol–water partition coefficient (Wildman–Crippen LogP) is 1.69. The van der Waals surface area contributed by atoms with Crippen LogP contribution >= 0.6 is 24.0 Å². The van der Waals surface area contributed by atoms with Crippen molar-refractivity contribution in [1.82, 2.24) is 10.2 Å². The molecule has 1 fully saturated rings. The van der Waals surface area contributed by atoms with Crippen molar-refractivity contribution in [3.05, 3.63) is 34.9 Å². The van der Waals surface area contributed by atoms with Crippen LogP contribution in [-0.4, -0.2) is 42.9 Å². The zero-order valence-electron chi connectivity index (χ0n) is 12.3. The van der Waals surface area contributed by atoms with Crippen molar-refractivity contribution in [3.63, 3.8) is 0 Å². The van der Waals surface area contributed by atoms with Crippen LogP contribution in [0.1, 0.15) is 23.2 Å². The molecule has 2 rings (SSSR count). The molecule has 3 N–H and O–H groups in total. The maximum Gasteiger partial charge on any atom is 0.255 e. The van der Waals surface area contributed by atoms with E-state index in [1.807, 2.05) is 0 Å². The number of halogens is 2. The smallest absolute Gasteiger partial charge is 0.255 e. The summed E-state index contributed by atoms with van der Waals surface area (Å²) in [5.41, 5.74) is 5.87. The van der Waals surface area contributed by atoms with Gasteiger partial charge in [-0.1, -0.05) is 23.7 Å². The number of carbonyl (C=O) groups excluding carboxylic acids is 2. The Balaban J connectivity index is 0.00000242. The first kappa shape index (κ1) is 18.7. The lowest BCUT2D eigenvalue weighted by Crippen LogP contribution is -2.46. The Morgan fingerprint density at radius 3 is 2.77 bits per heavy atom. The van der Waals surface area contributed by atoms with E-state index in [1.54, 1.807) is 29.2 Å². The number of hydrogen-bond acceptors (Lipinski definition) is 3. The number of rotatable bonds is 4. The normalized spacial score (nSPS) is 17.5. The van der Waals surface area contributed by atoms with Gasteiger partial charge in [0.1, 0.15) is 0 Å². The number of nitrogens with two attached hydrogens (primary N) is 1. The van der Waals surface area contributed by atoms with Gasteiger partial charge in [0.2, 0.25) is 5.91 Å². The fraction of sp³-hybridized carbons (Fsp3) is 0.467. The topological polar surface area (TPSA) is 75.4 Å². The molecule has 1 aromatic carbocycles. The Morgan fingerprint density at radius 2 is 2.09 bits per heavy atom. The highest BCUT2D eigenvalue weighted by Crippen LogP contribution is 2.22. The second-order valence-corrected chi connectivity index (χ2v) is 5.56. The van der Waals surface area contributed by atoms with Gasteiger partial charge in [0, 0.05) is 26.2 Å². The molecule has 1 unspecified atom stereocenters. The fourth-order valence-electron chi connectivity index (χ4n) is 2.52. The summed E-state index contributed by atoms with van der Waals surface area (Å²) in [6.45, 7) is 1.97. The number of likely N-dealkylation sites (tertiary alicyclic amines) is 1. The second-order valence-electron chi connectivity index (χ2n) is 5.15. The van der Waals surface area contributed by atoms with Crippen LogP contribution < -0.4 is 11.1 Å². The van der Waals surface area contributed by atoms with Crippen LogP contribution in [0, 0.1) is 5.92 Å². The lowest BCUT2D eigenvalue weighted by atomic mass is 9.96. The van der Waals surface area contributed by atoms with Gasteiger partial charge >= 0.3 is 0 Å². The lowest BCUT2D eigenvalue weighted by Gasteiger charge is -2.32. The Labute approximate surface area is 141 Å². The van der Waals surface area contributed by atoms with Crippen LogP contribution in [0.4, 0.5) is 0 Å². The molecule has 0 bridgehead atoms. The van der Waals surface area contributed by atoms with E-state index >= 15 is 0 Å². The van der Waals surface area contributed by atoms with Crippen molar-refractivity contribution in [2.24, 2.45) is 11.7 Å². The van der Waals surface area contributed by atoms with Gasteiger partial charge in [-0.3, -0.25) is 9.59 Å². The monoisotopic (exact) mass is 345 g/mol. The Hall–Kier alpha value is -1.30. The van der Waals surface area contributed by atoms with E-state index in [0.717, 1.165) is 12.8 Å². The summed E-state index contributed by atoms with van der Waals surface area (Å²) in [7, 11) is 0. The summed E-state index contributed by atoms with van der Waals surface area (Å²) in [5.74, 6) is -0.314. The Morgan fingerprint density at radius 1 is 1.36 bits per heavy atom. The van der Waals surface area contributed by atoms with Gasteiger partial charge in [0.05, 0.1) is 16.5 Å². The van der Waals surface area contributed by atoms with E-state index < -0.39 is 0 Å². The van der Waals surface area contributed by atoms with Gasteiger partial charge in [0.25, 0.3) is 5.91 Å². The van der Waals surface area contributed by atoms with Crippen molar-refractivity contribution in [3.8, 4) is 0 Å². The molecule has 7 heteroatoms. The van der Waals surface area contributed by atoms with E-state index in [9.17, 15) is 9.59 Å². The zero-order chi connectivity index (χ0) is 15.2. The highest BCUT2D eigenvalue weighted by atomic mass is 35.5. The molecule has 2 amide bonds. The minimum Gasteiger partial charge on any atom is -0.355 e. The Bertz CT molecular complexity index is 525. The summed E-state index contributed by atoms with van der Waals surface area (Å²) >= 11 is 6.07. The lowest BCUT2D eigenvalue weighted by molar-refractivity contribution is -0.126. The van der Waals surface area contributed by atoms with E-state index in [-0.39, 0.29) is 30.1 Å². The van der Waals surface area contributed by atoms with Gasteiger partial charge < -0.3 is 16.0 Å². The van der Waals surface area contributed by atoms with Crippen molar-refractivity contribution in [1.29, 1.82) is 0 Å². The highest BCUT2D eigenvalue weighted by molar-refractivity contribution is 6.33. The molecule has 1 aliphatic rings. The van der Waals surface area contributed by atoms with Crippen molar-refractivity contribution >= 4 is 35.8 Å². The largest absolute Gasteiger partial charge is 0.355 e. The predicted molar refractivity (Wildman–Crippen MR) is 89.4 cm³/mol. The van der Waals surface area contributed by atoms with Gasteiger partial charge in [-0.05, 0) is 25.0 Å². The summed E-state index contributed by atoms with van der Waals surface area (Å²) in [5, 5.41) is 3.23. The molecule has 0 radical (unpaired) electrons. The number of piperidine rings is 1. The first-order valence-electron chi connectivity index (χ1n) is 7.15. The third kappa shape index (κ3) is 4.60. The summed E-state index contributed by atoms with van der Waals surface area (Å²) in [4.78, 5) is 26.2. The molecule has 5 nitrogen and oxygen atoms in total. The Kier molecular flexibility index (Phi) is 7.65. The molecule has 0 saturated carbocycles. The van der Waals surface area contributed by atoms with E-state index in [4.69, 9.17) is 17.3 Å². The summed E-state index contributed by atoms with van der Waals surface area (Å²) in [6, 6.07) is 6.99. The molecular formula is C15H21Cl2N3O2. The van der Waals surface area contributed by atoms with Crippen LogP contribution in [0.3, 0.4) is 0 Å². The maximum absolute atomic E-state index is 12.5. The maximum atomic E-state index is 12.5. The highest BCUT2D eigenvalue weighted by Gasteiger charge is 2.29. The fourth-order valence-corrected chi connectivity index (χ4v) is 2.74. The number of hydrogen-bond donors (Lipinski definition) is 2. The number of nitrogens with zero attached hydrogens (tertiary/aromatic N) is 1. The molecule has 1 atom stereocenters. The third-order valence-electron chi connectivity index (χ3n) is 3.63. The molecule has 0 aromatic heterocycles. The first-order valence-corrected chi connectivity index (χ1v) is 7.53. The quantitative estimate of drug-likeness (QED) is 0.871. The van der Waals surface area contributed by atoms with Crippen LogP contribution in [0.15, 0.2) is 24.3 Å². The molecule has 122 valence electrons. The number of amides is 2. The van der Waals surface area contributed by atoms with Gasteiger partial charge in [-0.15, -0.1) is 12.4 Å². The van der Waals surface area contributed by atoms with Crippen molar-refractivity contribution in [2.45, 2.75) is 12.8 Å². The number of benzene rings is 1. The third-order valence-corrected chi connectivity index (χ3v) is 3.96. The first-order chi connectivity index (χ1) is 10.1. The minimum absolute atomic E-state index is 0. The average Bonchev–Trinajstić information content (AvgIpc) is 2.52. The minimum atomic E-state index is -0.170. The van der Waals surface area contributed by atoms with E-state index in [1.165, 1.54) is 0 Å². The average molecular weight is 346 g/mol. The molecule has 1 saturated heterocycles. The summed E-state index contributed by atoms with van der Waals surface area (Å²) < 4.78 is 0. The number of nitrogens with one attached hydrogen (secondary N) is 1. The van der Waals surface area contributed by atoms with Crippen molar-refractivity contribution < 1.29 is 9.59 Å². The van der Waals surface area contributed by atoms with E-state index in [0.29, 0.717) is 36.8 Å². The molecule has 1 aliphatic heterocycles. The van der Waals surface area contributed by atoms with Crippen LogP contribution in [0.2, 0.25) is 5.02 Å². The van der Waals surface area contributed by atoms with Crippen LogP contribution in [0.25, 0.3) is 0 Å². The number of carbonyl (C=O) groups is 2. The molecule has 0 spiro atoms. The van der Waals surface area contributed by atoms with Gasteiger partial charge in [-0.2, -0.15) is 0 Å². The van der Waals surface area contributed by atoms with Gasteiger partial charge in [0.15, 0.2) is 0 Å². The SMILES string of the molecule is Cl.NCCNC(=O)C1CCCN(C(=O)c2ccccc2Cl)C1. The molecule has 22 heavy (non-hydrogen) atoms. The van der Waals surface area contributed by atoms with Crippen molar-refractivity contribution in [2.75, 3.05) is 26.2 Å². The molecule has 1 heterocycles. The molecule has 1 aromatic rings. The van der Waals surface area contributed by atoms with Crippen LogP contribution in [-0.2, 0) is 4.79 Å². The van der Waals surface area contributed by atoms with E-state index in [2.05, 4.69) is 5.32 Å². The molecule has 0 aliphatic carbocycles. The zero-order valence-corrected chi connectivity index (χ0v) is 13.8. The second kappa shape index (κ2) is 8.98. The molecular weight excluding hydrogens is 325 g/mol. The van der Waals surface area contributed by atoms with Gasteiger partial charge in [-0.25, -0.2) is 0 Å². The standard InChI is InChI=1S/C15H20ClN3O2.ClH/c16-13-6-2-1-5-12(13)15(21)19-9-3-4-11(10-19)14(20)18-8-7-17;/h1-2,5-6,11H,3-4,7-10,17H2,(H,18,20);1H. The summed E-state index contributed by atoms with van der Waals surface area (Å²) in [6.07, 6.45) is 1.61. The van der Waals surface area contributed by atoms with Crippen LogP contribution in [0.5, 0.6) is 0 Å².